The first-order chi connectivity index (χ1) is 5.77. The number of hydrogen-bond acceptors (Lipinski definition) is 4. The average Bonchev–Trinajstić information content (AvgIpc) is 2.17. The topological polar surface area (TPSA) is 69.8 Å². The lowest BCUT2D eigenvalue weighted by atomic mass is 10.3. The summed E-state index contributed by atoms with van der Waals surface area (Å²) in [5, 5.41) is 8.58. The highest BCUT2D eigenvalue weighted by atomic mass is 16.3. The van der Waals surface area contributed by atoms with Crippen LogP contribution >= 0.6 is 0 Å². The second kappa shape index (κ2) is 4.39. The van der Waals surface area contributed by atoms with E-state index in [1.807, 2.05) is 0 Å². The lowest BCUT2D eigenvalue weighted by Gasteiger charge is -2.33. The Labute approximate surface area is 71.7 Å². The van der Waals surface area contributed by atoms with Crippen molar-refractivity contribution in [3.05, 3.63) is 0 Å². The Hall–Kier alpha value is -0.650. The fourth-order valence-electron chi connectivity index (χ4n) is 1.28. The normalized spacial score (nSPS) is 19.7. The summed E-state index contributed by atoms with van der Waals surface area (Å²) in [5.74, 6) is -0.188. The molecule has 1 rings (SSSR count). The van der Waals surface area contributed by atoms with Crippen LogP contribution in [0, 0.1) is 0 Å². The van der Waals surface area contributed by atoms with E-state index < -0.39 is 0 Å². The SMILES string of the molecule is NCN1CCN(C(=O)CO)CC1. The minimum atomic E-state index is -0.386. The molecule has 0 aliphatic carbocycles. The minimum Gasteiger partial charge on any atom is -0.387 e. The molecule has 70 valence electrons. The van der Waals surface area contributed by atoms with Crippen LogP contribution in [-0.2, 0) is 4.79 Å². The lowest BCUT2D eigenvalue weighted by molar-refractivity contribution is -0.135. The maximum absolute atomic E-state index is 11.0. The molecular formula is C7H15N3O2. The molecule has 0 aromatic carbocycles. The number of carbonyl (C=O) groups is 1. The lowest BCUT2D eigenvalue weighted by Crippen LogP contribution is -2.50. The van der Waals surface area contributed by atoms with Crippen LogP contribution in [0.1, 0.15) is 0 Å². The van der Waals surface area contributed by atoms with E-state index >= 15 is 0 Å². The number of aliphatic hydroxyl groups is 1. The summed E-state index contributed by atoms with van der Waals surface area (Å²) in [7, 11) is 0. The Bertz CT molecular complexity index is 155. The van der Waals surface area contributed by atoms with Crippen LogP contribution in [0.2, 0.25) is 0 Å². The standard InChI is InChI=1S/C7H15N3O2/c8-6-9-1-3-10(4-2-9)7(12)5-11/h11H,1-6,8H2. The van der Waals surface area contributed by atoms with Gasteiger partial charge in [0.1, 0.15) is 6.61 Å². The van der Waals surface area contributed by atoms with Gasteiger partial charge in [-0.3, -0.25) is 9.69 Å². The highest BCUT2D eigenvalue weighted by Crippen LogP contribution is 1.99. The first-order valence-corrected chi connectivity index (χ1v) is 4.09. The maximum atomic E-state index is 11.0. The monoisotopic (exact) mass is 173 g/mol. The number of rotatable bonds is 2. The summed E-state index contributed by atoms with van der Waals surface area (Å²) in [6, 6.07) is 0. The van der Waals surface area contributed by atoms with E-state index in [-0.39, 0.29) is 12.5 Å². The van der Waals surface area contributed by atoms with Gasteiger partial charge in [0, 0.05) is 32.8 Å². The van der Waals surface area contributed by atoms with Crippen LogP contribution in [0.5, 0.6) is 0 Å². The van der Waals surface area contributed by atoms with Gasteiger partial charge in [-0.2, -0.15) is 0 Å². The van der Waals surface area contributed by atoms with E-state index in [0.717, 1.165) is 13.1 Å². The van der Waals surface area contributed by atoms with E-state index in [0.29, 0.717) is 19.8 Å². The molecule has 1 amide bonds. The van der Waals surface area contributed by atoms with E-state index in [1.54, 1.807) is 4.90 Å². The summed E-state index contributed by atoms with van der Waals surface area (Å²) in [5.41, 5.74) is 5.43. The van der Waals surface area contributed by atoms with Gasteiger partial charge in [-0.25, -0.2) is 0 Å². The second-order valence-corrected chi connectivity index (χ2v) is 2.84. The van der Waals surface area contributed by atoms with Crippen LogP contribution in [0.3, 0.4) is 0 Å². The predicted octanol–water partition coefficient (Wildman–Crippen LogP) is -1.96. The van der Waals surface area contributed by atoms with Crippen molar-refractivity contribution in [3.8, 4) is 0 Å². The number of nitrogens with zero attached hydrogens (tertiary/aromatic N) is 2. The van der Waals surface area contributed by atoms with E-state index in [9.17, 15) is 4.79 Å². The first-order valence-electron chi connectivity index (χ1n) is 4.09. The van der Waals surface area contributed by atoms with E-state index in [4.69, 9.17) is 10.8 Å². The zero-order valence-corrected chi connectivity index (χ0v) is 7.07. The van der Waals surface area contributed by atoms with Gasteiger partial charge in [0.15, 0.2) is 0 Å². The van der Waals surface area contributed by atoms with E-state index in [2.05, 4.69) is 4.90 Å². The molecule has 0 bridgehead atoms. The summed E-state index contributed by atoms with van der Waals surface area (Å²) in [6.07, 6.45) is 0. The largest absolute Gasteiger partial charge is 0.387 e. The van der Waals surface area contributed by atoms with Gasteiger partial charge in [-0.05, 0) is 0 Å². The number of carbonyl (C=O) groups excluding carboxylic acids is 1. The number of piperazine rings is 1. The number of hydrogen-bond donors (Lipinski definition) is 2. The average molecular weight is 173 g/mol. The fraction of sp³-hybridized carbons (Fsp3) is 0.857. The minimum absolute atomic E-state index is 0.188. The van der Waals surface area contributed by atoms with Crippen LogP contribution in [0.4, 0.5) is 0 Å². The highest BCUT2D eigenvalue weighted by molar-refractivity contribution is 5.77. The molecule has 1 heterocycles. The molecule has 0 aromatic rings. The number of amides is 1. The molecular weight excluding hydrogens is 158 g/mol. The molecule has 1 fully saturated rings. The number of nitrogens with two attached hydrogens (primary N) is 1. The van der Waals surface area contributed by atoms with Crippen LogP contribution in [0.25, 0.3) is 0 Å². The Morgan fingerprint density at radius 3 is 2.33 bits per heavy atom. The molecule has 0 radical (unpaired) electrons. The maximum Gasteiger partial charge on any atom is 0.248 e. The Balaban J connectivity index is 2.30. The van der Waals surface area contributed by atoms with Crippen molar-refractivity contribution in [1.82, 2.24) is 9.80 Å². The summed E-state index contributed by atoms with van der Waals surface area (Å²) in [4.78, 5) is 14.7. The molecule has 1 saturated heterocycles. The van der Waals surface area contributed by atoms with Gasteiger partial charge in [-0.1, -0.05) is 0 Å². The molecule has 0 spiro atoms. The van der Waals surface area contributed by atoms with E-state index in [1.165, 1.54) is 0 Å². The predicted molar refractivity (Wildman–Crippen MR) is 44.3 cm³/mol. The summed E-state index contributed by atoms with van der Waals surface area (Å²) < 4.78 is 0. The van der Waals surface area contributed by atoms with Crippen LogP contribution < -0.4 is 5.73 Å². The van der Waals surface area contributed by atoms with Gasteiger partial charge in [0.25, 0.3) is 0 Å². The zero-order valence-electron chi connectivity index (χ0n) is 7.07. The van der Waals surface area contributed by atoms with Crippen LogP contribution in [0.15, 0.2) is 0 Å². The Kier molecular flexibility index (Phi) is 3.46. The van der Waals surface area contributed by atoms with Gasteiger partial charge in [-0.15, -0.1) is 0 Å². The van der Waals surface area contributed by atoms with Crippen molar-refractivity contribution in [3.63, 3.8) is 0 Å². The van der Waals surface area contributed by atoms with Gasteiger partial charge >= 0.3 is 0 Å². The van der Waals surface area contributed by atoms with Gasteiger partial charge in [0.05, 0.1) is 0 Å². The fourth-order valence-corrected chi connectivity index (χ4v) is 1.28. The summed E-state index contributed by atoms with van der Waals surface area (Å²) in [6.45, 7) is 3.13. The third-order valence-corrected chi connectivity index (χ3v) is 2.12. The molecule has 0 unspecified atom stereocenters. The molecule has 1 aliphatic heterocycles. The highest BCUT2D eigenvalue weighted by Gasteiger charge is 2.18. The van der Waals surface area contributed by atoms with Gasteiger partial charge < -0.3 is 15.7 Å². The molecule has 5 nitrogen and oxygen atoms in total. The van der Waals surface area contributed by atoms with Crippen molar-refractivity contribution in [2.45, 2.75) is 0 Å². The van der Waals surface area contributed by atoms with Crippen molar-refractivity contribution < 1.29 is 9.90 Å². The molecule has 12 heavy (non-hydrogen) atoms. The Morgan fingerprint density at radius 2 is 1.92 bits per heavy atom. The molecule has 3 N–H and O–H groups in total. The van der Waals surface area contributed by atoms with Crippen LogP contribution in [-0.4, -0.2) is 60.3 Å². The van der Waals surface area contributed by atoms with Crippen molar-refractivity contribution in [2.24, 2.45) is 5.73 Å². The quantitative estimate of drug-likeness (QED) is 0.508. The third kappa shape index (κ3) is 2.17. The first kappa shape index (κ1) is 9.44. The molecule has 5 heteroatoms. The zero-order chi connectivity index (χ0) is 8.97. The third-order valence-electron chi connectivity index (χ3n) is 2.12. The number of aliphatic hydroxyl groups excluding tert-OH is 1. The molecule has 0 atom stereocenters. The van der Waals surface area contributed by atoms with Crippen molar-refractivity contribution in [2.75, 3.05) is 39.5 Å². The molecule has 0 saturated carbocycles. The van der Waals surface area contributed by atoms with Crippen molar-refractivity contribution >= 4 is 5.91 Å². The van der Waals surface area contributed by atoms with Crippen molar-refractivity contribution in [1.29, 1.82) is 0 Å². The second-order valence-electron chi connectivity index (χ2n) is 2.84. The summed E-state index contributed by atoms with van der Waals surface area (Å²) >= 11 is 0. The Morgan fingerprint density at radius 1 is 1.33 bits per heavy atom. The molecule has 0 aromatic heterocycles. The molecule has 1 aliphatic rings. The van der Waals surface area contributed by atoms with Gasteiger partial charge in [0.2, 0.25) is 5.91 Å². The smallest absolute Gasteiger partial charge is 0.248 e.